The number of carbonyl (C=O) groups excluding carboxylic acids is 1. The molecule has 17 heteroatoms. The van der Waals surface area contributed by atoms with Crippen molar-refractivity contribution in [1.82, 2.24) is 0 Å². The minimum absolute atomic E-state index is 0.0211. The normalized spacial score (nSPS) is 11.6. The first-order chi connectivity index (χ1) is 31.3. The molecule has 0 aromatic carbocycles. The Labute approximate surface area is 381 Å². The minimum Gasteiger partial charge on any atom is -0.463 e. The van der Waals surface area contributed by atoms with Crippen LogP contribution >= 0.6 is 0 Å². The van der Waals surface area contributed by atoms with Crippen LogP contribution in [0.4, 0.5) is 0 Å². The van der Waals surface area contributed by atoms with Gasteiger partial charge in [-0.05, 0) is 6.42 Å². The number of esters is 1. The van der Waals surface area contributed by atoms with Crippen molar-refractivity contribution in [3.8, 4) is 0 Å². The highest BCUT2D eigenvalue weighted by atomic mass is 16.6. The second-order valence-corrected chi connectivity index (χ2v) is 14.5. The summed E-state index contributed by atoms with van der Waals surface area (Å²) < 4.78 is 81.5. The molecule has 0 bridgehead atoms. The predicted octanol–water partition coefficient (Wildman–Crippen LogP) is 5.24. The van der Waals surface area contributed by atoms with Crippen molar-refractivity contribution >= 4 is 5.97 Å². The van der Waals surface area contributed by atoms with Crippen LogP contribution < -0.4 is 0 Å². The fourth-order valence-corrected chi connectivity index (χ4v) is 5.60. The molecule has 0 aromatic heterocycles. The van der Waals surface area contributed by atoms with E-state index in [0.29, 0.717) is 191 Å². The summed E-state index contributed by atoms with van der Waals surface area (Å²) in [6.45, 7) is 16.0. The molecule has 1 N–H and O–H groups in total. The number of ether oxygens (including phenoxy) is 15. The summed E-state index contributed by atoms with van der Waals surface area (Å²) in [5, 5.41) is 8.60. The van der Waals surface area contributed by atoms with E-state index in [0.717, 1.165) is 12.8 Å². The number of rotatable bonds is 58. The van der Waals surface area contributed by atoms with Crippen molar-refractivity contribution in [2.45, 2.75) is 96.8 Å². The van der Waals surface area contributed by atoms with E-state index < -0.39 is 0 Å². The molecule has 17 nitrogen and oxygen atoms in total. The van der Waals surface area contributed by atoms with Crippen molar-refractivity contribution in [2.24, 2.45) is 0 Å². The Balaban J connectivity index is 3.11. The molecule has 0 saturated heterocycles. The minimum atomic E-state index is -0.135. The zero-order valence-electron chi connectivity index (χ0n) is 39.6. The Bertz CT molecular complexity index is 832. The maximum absolute atomic E-state index is 11.9. The van der Waals surface area contributed by atoms with Crippen LogP contribution in [0.3, 0.4) is 0 Å². The molecular formula is C46H92O17. The third-order valence-corrected chi connectivity index (χ3v) is 9.05. The lowest BCUT2D eigenvalue weighted by atomic mass is 10.0. The average Bonchev–Trinajstić information content (AvgIpc) is 3.29. The van der Waals surface area contributed by atoms with E-state index in [-0.39, 0.29) is 19.2 Å². The molecular weight excluding hydrogens is 824 g/mol. The predicted molar refractivity (Wildman–Crippen MR) is 240 cm³/mol. The summed E-state index contributed by atoms with van der Waals surface area (Å²) in [5.74, 6) is -0.135. The second-order valence-electron chi connectivity index (χ2n) is 14.5. The first-order valence-electron chi connectivity index (χ1n) is 24.2. The van der Waals surface area contributed by atoms with Gasteiger partial charge in [-0.3, -0.25) is 4.79 Å². The van der Waals surface area contributed by atoms with Gasteiger partial charge < -0.3 is 76.2 Å². The molecule has 63 heavy (non-hydrogen) atoms. The fourth-order valence-electron chi connectivity index (χ4n) is 5.60. The van der Waals surface area contributed by atoms with Gasteiger partial charge in [-0.25, -0.2) is 0 Å². The Morgan fingerprint density at radius 1 is 0.270 bits per heavy atom. The van der Waals surface area contributed by atoms with Crippen molar-refractivity contribution in [1.29, 1.82) is 0 Å². The zero-order chi connectivity index (χ0) is 45.3. The third-order valence-electron chi connectivity index (χ3n) is 9.05. The molecule has 0 aliphatic heterocycles. The highest BCUT2D eigenvalue weighted by molar-refractivity contribution is 5.69. The molecule has 0 saturated carbocycles. The zero-order valence-corrected chi connectivity index (χ0v) is 39.6. The number of aliphatic hydroxyl groups excluding tert-OH is 1. The SMILES string of the molecule is CCCCCCCCCCCCCCCC(=O)OCCOCCOCCOCCOCCOCCOCCOCCOCCOCCOCCOCCOCCOCCOCCO. The van der Waals surface area contributed by atoms with Crippen LogP contribution in [0.2, 0.25) is 0 Å². The summed E-state index contributed by atoms with van der Waals surface area (Å²) in [6, 6.07) is 0. The molecule has 0 unspecified atom stereocenters. The van der Waals surface area contributed by atoms with E-state index in [1.807, 2.05) is 0 Å². The molecule has 0 amide bonds. The van der Waals surface area contributed by atoms with Crippen LogP contribution in [0.15, 0.2) is 0 Å². The van der Waals surface area contributed by atoms with E-state index in [1.54, 1.807) is 0 Å². The number of unbranched alkanes of at least 4 members (excludes halogenated alkanes) is 12. The summed E-state index contributed by atoms with van der Waals surface area (Å²) in [7, 11) is 0. The van der Waals surface area contributed by atoms with Crippen LogP contribution in [-0.2, 0) is 75.8 Å². The largest absolute Gasteiger partial charge is 0.463 e. The van der Waals surface area contributed by atoms with Gasteiger partial charge in [-0.2, -0.15) is 0 Å². The number of hydrogen-bond donors (Lipinski definition) is 1. The monoisotopic (exact) mass is 917 g/mol. The molecule has 378 valence electrons. The van der Waals surface area contributed by atoms with Crippen molar-refractivity contribution < 1.29 is 81.0 Å². The number of hydrogen-bond acceptors (Lipinski definition) is 17. The second kappa shape index (κ2) is 58.9. The maximum atomic E-state index is 11.9. The summed E-state index contributed by atoms with van der Waals surface area (Å²) in [4.78, 5) is 11.9. The Hall–Kier alpha value is -1.13. The summed E-state index contributed by atoms with van der Waals surface area (Å²) in [6.07, 6.45) is 17.3. The van der Waals surface area contributed by atoms with E-state index >= 15 is 0 Å². The van der Waals surface area contributed by atoms with Crippen molar-refractivity contribution in [3.05, 3.63) is 0 Å². The first kappa shape index (κ1) is 61.9. The topological polar surface area (TPSA) is 176 Å². The van der Waals surface area contributed by atoms with Crippen molar-refractivity contribution in [3.63, 3.8) is 0 Å². The van der Waals surface area contributed by atoms with Gasteiger partial charge in [0.15, 0.2) is 0 Å². The Kier molecular flexibility index (Phi) is 57.8. The molecule has 0 fully saturated rings. The number of carbonyl (C=O) groups is 1. The van der Waals surface area contributed by atoms with Crippen molar-refractivity contribution in [2.75, 3.05) is 198 Å². The molecule has 0 aliphatic rings. The standard InChI is InChI=1S/C46H92O17/c1-2-3-4-5-6-7-8-9-10-11-12-13-14-15-46(48)63-45-44-62-43-42-61-41-40-60-39-38-59-37-36-58-35-34-57-33-32-56-31-30-55-29-28-54-27-26-53-25-24-52-23-22-51-21-20-50-19-18-49-17-16-47/h47H,2-45H2,1H3. The summed E-state index contributed by atoms with van der Waals surface area (Å²) >= 11 is 0. The van der Waals surface area contributed by atoms with Crippen LogP contribution in [0.1, 0.15) is 96.8 Å². The molecule has 0 rings (SSSR count). The van der Waals surface area contributed by atoms with Crippen LogP contribution in [0.25, 0.3) is 0 Å². The van der Waals surface area contributed by atoms with E-state index in [9.17, 15) is 4.79 Å². The highest BCUT2D eigenvalue weighted by Gasteiger charge is 2.03. The molecule has 0 aromatic rings. The third kappa shape index (κ3) is 58.9. The molecule has 0 heterocycles. The smallest absolute Gasteiger partial charge is 0.305 e. The van der Waals surface area contributed by atoms with E-state index in [2.05, 4.69) is 6.92 Å². The van der Waals surface area contributed by atoms with Gasteiger partial charge in [-0.1, -0.05) is 84.0 Å². The molecule has 0 atom stereocenters. The highest BCUT2D eigenvalue weighted by Crippen LogP contribution is 2.13. The Morgan fingerprint density at radius 3 is 0.683 bits per heavy atom. The van der Waals surface area contributed by atoms with Gasteiger partial charge in [-0.15, -0.1) is 0 Å². The van der Waals surface area contributed by atoms with Gasteiger partial charge in [0, 0.05) is 6.42 Å². The lowest BCUT2D eigenvalue weighted by Gasteiger charge is -2.09. The van der Waals surface area contributed by atoms with Crippen LogP contribution in [0.5, 0.6) is 0 Å². The van der Waals surface area contributed by atoms with E-state index in [4.69, 9.17) is 76.2 Å². The number of aliphatic hydroxyl groups is 1. The van der Waals surface area contributed by atoms with Crippen LogP contribution in [-0.4, -0.2) is 209 Å². The first-order valence-corrected chi connectivity index (χ1v) is 24.2. The maximum Gasteiger partial charge on any atom is 0.305 e. The van der Waals surface area contributed by atoms with Gasteiger partial charge >= 0.3 is 5.97 Å². The summed E-state index contributed by atoms with van der Waals surface area (Å²) in [5.41, 5.74) is 0. The molecule has 0 aliphatic carbocycles. The van der Waals surface area contributed by atoms with Gasteiger partial charge in [0.1, 0.15) is 6.61 Å². The van der Waals surface area contributed by atoms with Gasteiger partial charge in [0.2, 0.25) is 0 Å². The van der Waals surface area contributed by atoms with Crippen LogP contribution in [0, 0.1) is 0 Å². The van der Waals surface area contributed by atoms with Gasteiger partial charge in [0.05, 0.1) is 192 Å². The Morgan fingerprint density at radius 2 is 0.460 bits per heavy atom. The lowest BCUT2D eigenvalue weighted by molar-refractivity contribution is -0.145. The lowest BCUT2D eigenvalue weighted by Crippen LogP contribution is -2.16. The fraction of sp³-hybridized carbons (Fsp3) is 0.978. The van der Waals surface area contributed by atoms with Gasteiger partial charge in [0.25, 0.3) is 0 Å². The molecule has 0 radical (unpaired) electrons. The molecule has 0 spiro atoms. The quantitative estimate of drug-likeness (QED) is 0.0619. The average molecular weight is 917 g/mol. The van der Waals surface area contributed by atoms with E-state index in [1.165, 1.54) is 70.6 Å².